The van der Waals surface area contributed by atoms with Crippen molar-refractivity contribution in [1.29, 1.82) is 0 Å². The maximum Gasteiger partial charge on any atom is 0.227 e. The largest absolute Gasteiger partial charge is 0.439 e. The van der Waals surface area contributed by atoms with Crippen molar-refractivity contribution in [1.82, 2.24) is 9.97 Å². The van der Waals surface area contributed by atoms with Crippen LogP contribution in [0.4, 0.5) is 0 Å². The van der Waals surface area contributed by atoms with Crippen LogP contribution in [0.1, 0.15) is 0 Å². The van der Waals surface area contributed by atoms with E-state index in [0.29, 0.717) is 11.6 Å². The van der Waals surface area contributed by atoms with E-state index in [2.05, 4.69) is 16.0 Å². The van der Waals surface area contributed by atoms with Gasteiger partial charge in [0.15, 0.2) is 0 Å². The van der Waals surface area contributed by atoms with E-state index in [1.165, 1.54) is 6.07 Å². The fourth-order valence-corrected chi connectivity index (χ4v) is 1.37. The highest BCUT2D eigenvalue weighted by Crippen LogP contribution is 2.22. The monoisotopic (exact) mass is 239 g/mol. The van der Waals surface area contributed by atoms with Gasteiger partial charge in [-0.1, -0.05) is 23.7 Å². The second-order valence-electron chi connectivity index (χ2n) is 2.64. The van der Waals surface area contributed by atoms with Gasteiger partial charge in [-0.3, -0.25) is 0 Å². The van der Waals surface area contributed by atoms with Crippen molar-refractivity contribution in [2.45, 2.75) is 0 Å². The van der Waals surface area contributed by atoms with Crippen molar-refractivity contribution in [3.63, 3.8) is 0 Å². The molecule has 1 aromatic carbocycles. The average molecular weight is 240 g/mol. The van der Waals surface area contributed by atoms with Gasteiger partial charge in [-0.2, -0.15) is 4.98 Å². The molecule has 5 heteroatoms. The molecule has 15 heavy (non-hydrogen) atoms. The quantitative estimate of drug-likeness (QED) is 0.596. The summed E-state index contributed by atoms with van der Waals surface area (Å²) in [5.41, 5.74) is 0. The van der Waals surface area contributed by atoms with Crippen molar-refractivity contribution in [3.05, 3.63) is 46.8 Å². The lowest BCUT2D eigenvalue weighted by Gasteiger charge is -2.03. The Labute approximate surface area is 96.6 Å². The molecular formula is C10H5Cl2N2O. The Bertz CT molecular complexity index is 442. The van der Waals surface area contributed by atoms with Crippen LogP contribution >= 0.6 is 23.2 Å². The number of aromatic nitrogens is 2. The van der Waals surface area contributed by atoms with E-state index in [0.717, 1.165) is 0 Å². The van der Waals surface area contributed by atoms with Gasteiger partial charge in [0.05, 0.1) is 0 Å². The van der Waals surface area contributed by atoms with Crippen LogP contribution in [-0.4, -0.2) is 9.97 Å². The maximum atomic E-state index is 5.69. The molecule has 75 valence electrons. The highest BCUT2D eigenvalue weighted by molar-refractivity contribution is 6.31. The lowest BCUT2D eigenvalue weighted by molar-refractivity contribution is 0.461. The molecule has 0 aliphatic carbocycles. The summed E-state index contributed by atoms with van der Waals surface area (Å²) >= 11 is 11.3. The number of ether oxygens (including phenoxy) is 1. The smallest absolute Gasteiger partial charge is 0.227 e. The normalized spacial score (nSPS) is 10.0. The zero-order chi connectivity index (χ0) is 10.7. The standard InChI is InChI=1S/C10H5Cl2N2O/c11-8-6-9(14-10(12)13-8)15-7-4-2-1-3-5-7/h2-6H. The zero-order valence-corrected chi connectivity index (χ0v) is 8.96. The lowest BCUT2D eigenvalue weighted by Crippen LogP contribution is -1.90. The summed E-state index contributed by atoms with van der Waals surface area (Å²) in [6.07, 6.45) is 0. The second-order valence-corrected chi connectivity index (χ2v) is 3.36. The minimum atomic E-state index is 0.0555. The van der Waals surface area contributed by atoms with Gasteiger partial charge >= 0.3 is 0 Å². The summed E-state index contributed by atoms with van der Waals surface area (Å²) in [6, 6.07) is 11.3. The minimum absolute atomic E-state index is 0.0555. The van der Waals surface area contributed by atoms with Gasteiger partial charge in [-0.25, -0.2) is 4.98 Å². The van der Waals surface area contributed by atoms with Crippen molar-refractivity contribution >= 4 is 23.2 Å². The van der Waals surface area contributed by atoms with E-state index in [1.807, 2.05) is 0 Å². The molecule has 0 saturated heterocycles. The zero-order valence-electron chi connectivity index (χ0n) is 7.45. The van der Waals surface area contributed by atoms with Gasteiger partial charge in [0.2, 0.25) is 11.2 Å². The van der Waals surface area contributed by atoms with Crippen LogP contribution in [0, 0.1) is 6.07 Å². The van der Waals surface area contributed by atoms with Crippen LogP contribution in [0.5, 0.6) is 11.6 Å². The van der Waals surface area contributed by atoms with Crippen LogP contribution < -0.4 is 4.74 Å². The lowest BCUT2D eigenvalue weighted by atomic mass is 10.3. The fourth-order valence-electron chi connectivity index (χ4n) is 0.983. The van der Waals surface area contributed by atoms with E-state index in [1.54, 1.807) is 24.3 Å². The van der Waals surface area contributed by atoms with Gasteiger partial charge in [0.1, 0.15) is 10.9 Å². The van der Waals surface area contributed by atoms with Crippen molar-refractivity contribution in [2.24, 2.45) is 0 Å². The molecule has 1 radical (unpaired) electrons. The molecule has 0 fully saturated rings. The molecule has 0 atom stereocenters. The van der Waals surface area contributed by atoms with Crippen LogP contribution in [0.3, 0.4) is 0 Å². The summed E-state index contributed by atoms with van der Waals surface area (Å²) in [7, 11) is 0. The number of hydrogen-bond donors (Lipinski definition) is 0. The Morgan fingerprint density at radius 1 is 1.13 bits per heavy atom. The van der Waals surface area contributed by atoms with Crippen LogP contribution in [-0.2, 0) is 0 Å². The van der Waals surface area contributed by atoms with E-state index >= 15 is 0 Å². The van der Waals surface area contributed by atoms with Crippen LogP contribution in [0.15, 0.2) is 30.3 Å². The highest BCUT2D eigenvalue weighted by atomic mass is 35.5. The molecule has 3 nitrogen and oxygen atoms in total. The first kappa shape index (κ1) is 10.2. The Morgan fingerprint density at radius 2 is 1.87 bits per heavy atom. The molecule has 0 unspecified atom stereocenters. The number of hydrogen-bond acceptors (Lipinski definition) is 3. The fraction of sp³-hybridized carbons (Fsp3) is 0. The molecule has 1 aromatic heterocycles. The van der Waals surface area contributed by atoms with Crippen LogP contribution in [0.25, 0.3) is 0 Å². The first-order chi connectivity index (χ1) is 7.24. The van der Waals surface area contributed by atoms with Gasteiger partial charge in [0, 0.05) is 6.07 Å². The molecule has 1 heterocycles. The van der Waals surface area contributed by atoms with E-state index in [4.69, 9.17) is 27.9 Å². The SMILES string of the molecule is Clc1cc(Oc2cc[c]cc2)nc(Cl)n1. The number of rotatable bonds is 2. The predicted molar refractivity (Wildman–Crippen MR) is 57.4 cm³/mol. The first-order valence-electron chi connectivity index (χ1n) is 4.08. The Kier molecular flexibility index (Phi) is 3.04. The molecule has 0 bridgehead atoms. The van der Waals surface area contributed by atoms with E-state index in [9.17, 15) is 0 Å². The van der Waals surface area contributed by atoms with Crippen molar-refractivity contribution in [2.75, 3.05) is 0 Å². The number of halogens is 2. The topological polar surface area (TPSA) is 35.0 Å². The van der Waals surface area contributed by atoms with E-state index < -0.39 is 0 Å². The first-order valence-corrected chi connectivity index (χ1v) is 4.84. The summed E-state index contributed by atoms with van der Waals surface area (Å²) in [5.74, 6) is 0.950. The molecule has 2 rings (SSSR count). The van der Waals surface area contributed by atoms with Gasteiger partial charge in [0.25, 0.3) is 0 Å². The Balaban J connectivity index is 2.25. The molecule has 0 aliphatic heterocycles. The molecule has 0 spiro atoms. The third kappa shape index (κ3) is 2.81. The Morgan fingerprint density at radius 3 is 2.53 bits per heavy atom. The summed E-state index contributed by atoms with van der Waals surface area (Å²) < 4.78 is 5.40. The van der Waals surface area contributed by atoms with Gasteiger partial charge < -0.3 is 4.74 Å². The maximum absolute atomic E-state index is 5.69. The summed E-state index contributed by atoms with van der Waals surface area (Å²) in [4.78, 5) is 7.58. The Hall–Kier alpha value is -1.32. The van der Waals surface area contributed by atoms with Crippen molar-refractivity contribution in [3.8, 4) is 11.6 Å². The van der Waals surface area contributed by atoms with Gasteiger partial charge in [-0.15, -0.1) is 0 Å². The van der Waals surface area contributed by atoms with Crippen molar-refractivity contribution < 1.29 is 4.74 Å². The minimum Gasteiger partial charge on any atom is -0.439 e. The average Bonchev–Trinajstić information content (AvgIpc) is 2.17. The van der Waals surface area contributed by atoms with Gasteiger partial charge in [-0.05, 0) is 29.8 Å². The molecule has 0 N–H and O–H groups in total. The highest BCUT2D eigenvalue weighted by Gasteiger charge is 2.02. The number of benzene rings is 1. The summed E-state index contributed by atoms with van der Waals surface area (Å²) in [5, 5.41) is 0.299. The molecule has 0 amide bonds. The predicted octanol–water partition coefficient (Wildman–Crippen LogP) is 3.38. The third-order valence-corrected chi connectivity index (χ3v) is 1.92. The summed E-state index contributed by atoms with van der Waals surface area (Å²) in [6.45, 7) is 0. The molecule has 0 saturated carbocycles. The molecular weight excluding hydrogens is 235 g/mol. The molecule has 0 aliphatic rings. The molecule has 2 aromatic rings. The van der Waals surface area contributed by atoms with E-state index in [-0.39, 0.29) is 10.4 Å². The second kappa shape index (κ2) is 4.47. The third-order valence-electron chi connectivity index (χ3n) is 1.55. The number of nitrogens with zero attached hydrogens (tertiary/aromatic N) is 2. The van der Waals surface area contributed by atoms with Crippen LogP contribution in [0.2, 0.25) is 10.4 Å².